The molecule has 0 nitrogen and oxygen atoms in total. The molecular weight excluding hydrogens is 713 g/mol. The van der Waals surface area contributed by atoms with E-state index in [2.05, 4.69) is 151 Å². The van der Waals surface area contributed by atoms with Gasteiger partial charge in [-0.2, -0.15) is 0 Å². The van der Waals surface area contributed by atoms with Crippen LogP contribution >= 0.6 is 22.7 Å². The van der Waals surface area contributed by atoms with Crippen molar-refractivity contribution in [3.8, 4) is 22.3 Å². The Morgan fingerprint density at radius 3 is 1.18 bits per heavy atom. The number of rotatable bonds is 16. The fourth-order valence-electron chi connectivity index (χ4n) is 8.85. The molecule has 288 valence electrons. The quantitative estimate of drug-likeness (QED) is 0.0917. The van der Waals surface area contributed by atoms with Gasteiger partial charge in [0.25, 0.3) is 0 Å². The van der Waals surface area contributed by atoms with Crippen molar-refractivity contribution in [3.05, 3.63) is 120 Å². The zero-order valence-electron chi connectivity index (χ0n) is 34.6. The van der Waals surface area contributed by atoms with Crippen LogP contribution in [-0.2, 0) is 12.8 Å². The molecule has 8 aromatic rings. The summed E-state index contributed by atoms with van der Waals surface area (Å²) in [5.74, 6) is 3.22. The summed E-state index contributed by atoms with van der Waals surface area (Å²) in [5, 5.41) is 8.21. The molecule has 6 aromatic carbocycles. The van der Waals surface area contributed by atoms with Crippen molar-refractivity contribution < 1.29 is 0 Å². The molecule has 0 amide bonds. The summed E-state index contributed by atoms with van der Waals surface area (Å²) >= 11 is 3.93. The van der Waals surface area contributed by atoms with E-state index in [0.29, 0.717) is 0 Å². The molecule has 0 fully saturated rings. The van der Waals surface area contributed by atoms with Gasteiger partial charge in [-0.05, 0) is 129 Å². The van der Waals surface area contributed by atoms with Gasteiger partial charge in [0.15, 0.2) is 0 Å². The second kappa shape index (κ2) is 17.3. The van der Waals surface area contributed by atoms with Crippen LogP contribution in [0.3, 0.4) is 0 Å². The first-order valence-corrected chi connectivity index (χ1v) is 23.3. The Kier molecular flexibility index (Phi) is 12.0. The van der Waals surface area contributed by atoms with E-state index in [-0.39, 0.29) is 0 Å². The number of hydrogen-bond acceptors (Lipinski definition) is 2. The van der Waals surface area contributed by atoms with Crippen molar-refractivity contribution in [2.24, 2.45) is 23.7 Å². The highest BCUT2D eigenvalue weighted by molar-refractivity contribution is 7.37. The fraction of sp³-hybridized carbons (Fsp3) is 0.370. The van der Waals surface area contributed by atoms with Crippen molar-refractivity contribution in [2.75, 3.05) is 0 Å². The summed E-state index contributed by atoms with van der Waals surface area (Å²) in [4.78, 5) is 0. The molecule has 0 bridgehead atoms. The van der Waals surface area contributed by atoms with Gasteiger partial charge in [-0.3, -0.25) is 0 Å². The molecule has 2 heteroatoms. The Labute approximate surface area is 344 Å². The van der Waals surface area contributed by atoms with Gasteiger partial charge in [-0.1, -0.05) is 165 Å². The monoisotopic (exact) mass is 772 g/mol. The van der Waals surface area contributed by atoms with Gasteiger partial charge in [-0.15, -0.1) is 22.7 Å². The van der Waals surface area contributed by atoms with E-state index in [1.54, 1.807) is 0 Å². The van der Waals surface area contributed by atoms with E-state index >= 15 is 0 Å². The average molecular weight is 773 g/mol. The first-order chi connectivity index (χ1) is 27.2. The van der Waals surface area contributed by atoms with Gasteiger partial charge in [0.05, 0.1) is 9.40 Å². The van der Waals surface area contributed by atoms with E-state index in [1.807, 2.05) is 22.7 Å². The Balaban J connectivity index is 1.00. The molecule has 0 spiro atoms. The van der Waals surface area contributed by atoms with Gasteiger partial charge in [-0.25, -0.2) is 0 Å². The number of benzene rings is 6. The molecule has 0 aliphatic heterocycles. The molecule has 0 N–H and O–H groups in total. The number of aryl methyl sites for hydroxylation is 2. The largest absolute Gasteiger partial charge is 0.134 e. The van der Waals surface area contributed by atoms with Crippen LogP contribution in [0, 0.1) is 23.7 Å². The summed E-state index contributed by atoms with van der Waals surface area (Å²) in [5.41, 5.74) is 8.12. The summed E-state index contributed by atoms with van der Waals surface area (Å²) in [6, 6.07) is 42.3. The lowest BCUT2D eigenvalue weighted by molar-refractivity contribution is 0.437. The second-order valence-electron chi connectivity index (χ2n) is 17.9. The fourth-order valence-corrected chi connectivity index (χ4v) is 11.6. The lowest BCUT2D eigenvalue weighted by atomic mass is 9.93. The molecule has 2 aromatic heterocycles. The zero-order chi connectivity index (χ0) is 38.8. The molecule has 56 heavy (non-hydrogen) atoms. The number of thiophene rings is 2. The van der Waals surface area contributed by atoms with Crippen LogP contribution in [0.2, 0.25) is 0 Å². The van der Waals surface area contributed by atoms with Gasteiger partial charge in [0.2, 0.25) is 0 Å². The molecule has 0 saturated heterocycles. The molecule has 0 radical (unpaired) electrons. The second-order valence-corrected chi connectivity index (χ2v) is 20.0. The van der Waals surface area contributed by atoms with Crippen LogP contribution in [0.5, 0.6) is 0 Å². The minimum atomic E-state index is 0.795. The maximum atomic E-state index is 2.43. The maximum absolute atomic E-state index is 2.43. The van der Waals surface area contributed by atoms with Crippen LogP contribution < -0.4 is 0 Å². The first kappa shape index (κ1) is 38.9. The summed E-state index contributed by atoms with van der Waals surface area (Å²) in [6.07, 6.45) is 13.0. The summed E-state index contributed by atoms with van der Waals surface area (Å²) in [7, 11) is 0. The summed E-state index contributed by atoms with van der Waals surface area (Å²) < 4.78 is 5.63. The first-order valence-electron chi connectivity index (χ1n) is 21.6. The van der Waals surface area contributed by atoms with Gasteiger partial charge < -0.3 is 0 Å². The maximum Gasteiger partial charge on any atom is 0.0548 e. The van der Waals surface area contributed by atoms with E-state index < -0.39 is 0 Å². The van der Waals surface area contributed by atoms with Crippen LogP contribution in [0.1, 0.15) is 104 Å². The zero-order valence-corrected chi connectivity index (χ0v) is 36.2. The number of hydrogen-bond donors (Lipinski definition) is 0. The van der Waals surface area contributed by atoms with Crippen molar-refractivity contribution in [3.63, 3.8) is 0 Å². The van der Waals surface area contributed by atoms with Crippen LogP contribution in [0.15, 0.2) is 109 Å². The number of fused-ring (bicyclic) bond motifs is 9. The third-order valence-electron chi connectivity index (χ3n) is 12.4. The van der Waals surface area contributed by atoms with Crippen LogP contribution in [-0.4, -0.2) is 0 Å². The standard InChI is InChI=1S/C54H60S2/c1-35(2)9-7-11-37(5)13-15-39-17-21-41(22-18-39)43-25-29-47-45(33-43)27-31-49-51(47)53-54(55-49)52-48-30-26-44(34-46(48)28-32-50(52)56-53)42-23-19-40(20-24-42)16-14-38(6)12-8-10-36(3)4/h17-38H,7-16H2,1-6H3. The summed E-state index contributed by atoms with van der Waals surface area (Å²) in [6.45, 7) is 14.2. The van der Waals surface area contributed by atoms with Crippen molar-refractivity contribution in [1.82, 2.24) is 0 Å². The van der Waals surface area contributed by atoms with Crippen molar-refractivity contribution in [2.45, 2.75) is 106 Å². The highest BCUT2D eigenvalue weighted by atomic mass is 32.1. The molecule has 2 atom stereocenters. The highest BCUT2D eigenvalue weighted by Crippen LogP contribution is 2.49. The average Bonchev–Trinajstić information content (AvgIpc) is 3.75. The third kappa shape index (κ3) is 8.63. The Morgan fingerprint density at radius 2 is 0.786 bits per heavy atom. The van der Waals surface area contributed by atoms with Crippen molar-refractivity contribution >= 4 is 73.8 Å². The SMILES string of the molecule is CC(C)CCCC(C)CCc1ccc(-c2ccc3c(ccc4sc5c(sc6ccc7cc(-c8ccc(CCC(C)CCCC(C)C)cc8)ccc7c65)c43)c2)cc1. The van der Waals surface area contributed by atoms with Crippen LogP contribution in [0.4, 0.5) is 0 Å². The predicted molar refractivity (Wildman–Crippen MR) is 253 cm³/mol. The lowest BCUT2D eigenvalue weighted by Crippen LogP contribution is -1.99. The van der Waals surface area contributed by atoms with E-state index in [4.69, 9.17) is 0 Å². The van der Waals surface area contributed by atoms with Crippen LogP contribution in [0.25, 0.3) is 73.4 Å². The van der Waals surface area contributed by atoms with Gasteiger partial charge >= 0.3 is 0 Å². The Hall–Kier alpha value is -3.98. The van der Waals surface area contributed by atoms with Gasteiger partial charge in [0.1, 0.15) is 0 Å². The van der Waals surface area contributed by atoms with E-state index in [0.717, 1.165) is 23.7 Å². The lowest BCUT2D eigenvalue weighted by Gasteiger charge is -2.12. The van der Waals surface area contributed by atoms with Crippen molar-refractivity contribution in [1.29, 1.82) is 0 Å². The topological polar surface area (TPSA) is 0 Å². The Bertz CT molecular complexity index is 2380. The minimum absolute atomic E-state index is 0.795. The molecule has 0 aliphatic carbocycles. The molecule has 0 aliphatic rings. The highest BCUT2D eigenvalue weighted by Gasteiger charge is 2.17. The third-order valence-corrected chi connectivity index (χ3v) is 14.9. The van der Waals surface area contributed by atoms with Gasteiger partial charge in [0, 0.05) is 20.2 Å². The van der Waals surface area contributed by atoms with E-state index in [9.17, 15) is 0 Å². The molecule has 2 unspecified atom stereocenters. The molecule has 0 saturated carbocycles. The molecule has 8 rings (SSSR count). The normalized spacial score (nSPS) is 13.4. The smallest absolute Gasteiger partial charge is 0.0548 e. The molecule has 2 heterocycles. The van der Waals surface area contributed by atoms with E-state index in [1.165, 1.54) is 149 Å². The Morgan fingerprint density at radius 1 is 0.393 bits per heavy atom. The minimum Gasteiger partial charge on any atom is -0.134 e. The molecular formula is C54H60S2. The predicted octanol–water partition coefficient (Wildman–Crippen LogP) is 17.7.